The number of hydrogen-bond donors (Lipinski definition) is 0. The average molecular weight is 395 g/mol. The van der Waals surface area contributed by atoms with E-state index in [4.69, 9.17) is 9.16 Å². The molecule has 2 aromatic carbocycles. The van der Waals surface area contributed by atoms with Crippen molar-refractivity contribution in [1.29, 1.82) is 0 Å². The van der Waals surface area contributed by atoms with Crippen LogP contribution in [-0.2, 0) is 9.16 Å². The van der Waals surface area contributed by atoms with E-state index in [-0.39, 0.29) is 11.7 Å². The molecule has 2 saturated heterocycles. The summed E-state index contributed by atoms with van der Waals surface area (Å²) in [5.74, 6) is 0.488. The molecule has 2 aliphatic rings. The maximum Gasteiger partial charge on any atom is 0.257 e. The first-order valence-electron chi connectivity index (χ1n) is 10.5. The topological polar surface area (TPSA) is 18.5 Å². The molecule has 28 heavy (non-hydrogen) atoms. The summed E-state index contributed by atoms with van der Waals surface area (Å²) >= 11 is 0. The summed E-state index contributed by atoms with van der Waals surface area (Å²) in [6, 6.07) is 10.5. The van der Waals surface area contributed by atoms with Crippen molar-refractivity contribution in [3.05, 3.63) is 57.6 Å². The third-order valence-corrected chi connectivity index (χ3v) is 11.8. The van der Waals surface area contributed by atoms with E-state index in [0.29, 0.717) is 5.92 Å². The summed E-state index contributed by atoms with van der Waals surface area (Å²) in [5, 5.41) is 3.00. The Morgan fingerprint density at radius 1 is 0.786 bits per heavy atom. The number of ether oxygens (including phenoxy) is 1. The molecule has 3 heteroatoms. The minimum Gasteiger partial charge on any atom is -0.402 e. The van der Waals surface area contributed by atoms with E-state index in [2.05, 4.69) is 79.7 Å². The molecule has 2 fully saturated rings. The molecule has 0 radical (unpaired) electrons. The smallest absolute Gasteiger partial charge is 0.257 e. The van der Waals surface area contributed by atoms with Gasteiger partial charge >= 0.3 is 0 Å². The number of rotatable bonds is 2. The monoisotopic (exact) mass is 394 g/mol. The molecule has 0 aliphatic carbocycles. The van der Waals surface area contributed by atoms with Gasteiger partial charge in [-0.3, -0.25) is 0 Å². The van der Waals surface area contributed by atoms with Crippen LogP contribution in [0.4, 0.5) is 0 Å². The van der Waals surface area contributed by atoms with E-state index in [1.807, 2.05) is 0 Å². The van der Waals surface area contributed by atoms with Crippen LogP contribution in [-0.4, -0.2) is 26.6 Å². The molecule has 2 nitrogen and oxygen atoms in total. The van der Waals surface area contributed by atoms with Crippen molar-refractivity contribution < 1.29 is 9.16 Å². The lowest BCUT2D eigenvalue weighted by molar-refractivity contribution is -0.0193. The molecular formula is C25H34O2Si. The highest BCUT2D eigenvalue weighted by atomic mass is 28.4. The molecule has 150 valence electrons. The summed E-state index contributed by atoms with van der Waals surface area (Å²) in [6.07, 6.45) is 0.180. The third kappa shape index (κ3) is 2.90. The molecule has 2 heterocycles. The van der Waals surface area contributed by atoms with Crippen LogP contribution in [0, 0.1) is 47.5 Å². The minimum atomic E-state index is -2.37. The lowest BCUT2D eigenvalue weighted by Crippen LogP contribution is -2.63. The lowest BCUT2D eigenvalue weighted by Gasteiger charge is -2.36. The Labute approximate surface area is 171 Å². The molecule has 0 saturated carbocycles. The zero-order chi connectivity index (χ0) is 20.4. The third-order valence-electron chi connectivity index (χ3n) is 6.82. The first-order chi connectivity index (χ1) is 13.0. The van der Waals surface area contributed by atoms with Crippen LogP contribution in [0.15, 0.2) is 24.3 Å². The highest BCUT2D eigenvalue weighted by Gasteiger charge is 2.60. The normalized spacial score (nSPS) is 25.1. The van der Waals surface area contributed by atoms with E-state index in [1.54, 1.807) is 0 Å². The van der Waals surface area contributed by atoms with Gasteiger partial charge in [0.1, 0.15) is 0 Å². The fourth-order valence-corrected chi connectivity index (χ4v) is 12.0. The van der Waals surface area contributed by atoms with Crippen molar-refractivity contribution >= 4 is 18.7 Å². The Hall–Kier alpha value is -1.42. The lowest BCUT2D eigenvalue weighted by atomic mass is 9.95. The van der Waals surface area contributed by atoms with Gasteiger partial charge in [-0.25, -0.2) is 0 Å². The van der Waals surface area contributed by atoms with Gasteiger partial charge in [-0.15, -0.1) is 0 Å². The quantitative estimate of drug-likeness (QED) is 0.702. The van der Waals surface area contributed by atoms with Gasteiger partial charge in [-0.05, 0) is 94.1 Å². The predicted octanol–water partition coefficient (Wildman–Crippen LogP) is 4.42. The number of benzene rings is 2. The summed E-state index contributed by atoms with van der Waals surface area (Å²) in [5.41, 5.74) is 8.02. The molecular weight excluding hydrogens is 360 g/mol. The van der Waals surface area contributed by atoms with E-state index >= 15 is 0 Å². The van der Waals surface area contributed by atoms with Crippen molar-refractivity contribution in [3.63, 3.8) is 0 Å². The number of aryl methyl sites for hydroxylation is 6. The minimum absolute atomic E-state index is 0.180. The van der Waals surface area contributed by atoms with Crippen molar-refractivity contribution in [2.75, 3.05) is 6.61 Å². The predicted molar refractivity (Wildman–Crippen MR) is 120 cm³/mol. The van der Waals surface area contributed by atoms with Crippen molar-refractivity contribution in [3.8, 4) is 0 Å². The Balaban J connectivity index is 2.00. The first kappa shape index (κ1) is 19.9. The molecule has 0 amide bonds. The molecule has 2 atom stereocenters. The second-order valence-corrected chi connectivity index (χ2v) is 13.1. The van der Waals surface area contributed by atoms with Gasteiger partial charge in [0.25, 0.3) is 8.32 Å². The van der Waals surface area contributed by atoms with Crippen LogP contribution in [0.3, 0.4) is 0 Å². The molecule has 4 rings (SSSR count). The zero-order valence-electron chi connectivity index (χ0n) is 18.7. The molecule has 0 unspecified atom stereocenters. The van der Waals surface area contributed by atoms with E-state index in [1.165, 1.54) is 43.8 Å². The standard InChI is InChI=1S/C25H34O2Si/c1-15-9-17(3)22(18(4)10-15)28(23-19(5)11-16(2)12-20(23)6)14-21-13-26-25(7,8)24(21)27-28/h9-12,21,24H,13-14H2,1-8H3/t21-,24+/m0/s1. The molecule has 0 aromatic heterocycles. The molecule has 0 spiro atoms. The van der Waals surface area contributed by atoms with Crippen LogP contribution in [0.1, 0.15) is 47.2 Å². The zero-order valence-corrected chi connectivity index (χ0v) is 19.7. The summed E-state index contributed by atoms with van der Waals surface area (Å²) in [7, 11) is -2.37. The van der Waals surface area contributed by atoms with Crippen LogP contribution in [0.5, 0.6) is 0 Å². The van der Waals surface area contributed by atoms with Crippen LogP contribution >= 0.6 is 0 Å². The van der Waals surface area contributed by atoms with Crippen molar-refractivity contribution in [2.24, 2.45) is 5.92 Å². The van der Waals surface area contributed by atoms with Crippen molar-refractivity contribution in [1.82, 2.24) is 0 Å². The molecule has 2 aromatic rings. The van der Waals surface area contributed by atoms with Crippen LogP contribution < -0.4 is 10.4 Å². The van der Waals surface area contributed by atoms with E-state index in [9.17, 15) is 0 Å². The maximum atomic E-state index is 7.28. The molecule has 0 bridgehead atoms. The van der Waals surface area contributed by atoms with Gasteiger partial charge in [0.05, 0.1) is 18.3 Å². The average Bonchev–Trinajstić information content (AvgIpc) is 3.03. The number of fused-ring (bicyclic) bond motifs is 1. The summed E-state index contributed by atoms with van der Waals surface area (Å²) in [4.78, 5) is 0. The van der Waals surface area contributed by atoms with Gasteiger partial charge in [0.2, 0.25) is 0 Å². The highest BCUT2D eigenvalue weighted by molar-refractivity contribution is 6.99. The van der Waals surface area contributed by atoms with Crippen molar-refractivity contribution in [2.45, 2.75) is 73.1 Å². The highest BCUT2D eigenvalue weighted by Crippen LogP contribution is 2.45. The van der Waals surface area contributed by atoms with Gasteiger partial charge in [0, 0.05) is 5.92 Å². The SMILES string of the molecule is Cc1cc(C)c([Si]2(c3c(C)cc(C)cc3C)C[C@@H]3COC(C)(C)[C@@H]3O2)c(C)c1. The van der Waals surface area contributed by atoms with Gasteiger partial charge in [-0.2, -0.15) is 0 Å². The number of hydrogen-bond acceptors (Lipinski definition) is 2. The Morgan fingerprint density at radius 3 is 1.61 bits per heavy atom. The Morgan fingerprint density at radius 2 is 1.21 bits per heavy atom. The fraction of sp³-hybridized carbons (Fsp3) is 0.520. The van der Waals surface area contributed by atoms with E-state index < -0.39 is 8.32 Å². The second kappa shape index (κ2) is 6.55. The Bertz CT molecular complexity index is 840. The van der Waals surface area contributed by atoms with E-state index in [0.717, 1.165) is 12.7 Å². The second-order valence-electron chi connectivity index (χ2n) is 9.79. The largest absolute Gasteiger partial charge is 0.402 e. The van der Waals surface area contributed by atoms with Gasteiger partial charge < -0.3 is 9.16 Å². The summed E-state index contributed by atoms with van der Waals surface area (Å²) < 4.78 is 13.4. The molecule has 0 N–H and O–H groups in total. The fourth-order valence-electron chi connectivity index (χ4n) is 6.18. The maximum absolute atomic E-state index is 7.28. The van der Waals surface area contributed by atoms with Crippen LogP contribution in [0.2, 0.25) is 6.04 Å². The summed E-state index contributed by atoms with van der Waals surface area (Å²) in [6.45, 7) is 18.7. The van der Waals surface area contributed by atoms with Crippen LogP contribution in [0.25, 0.3) is 0 Å². The molecule has 2 aliphatic heterocycles. The Kier molecular flexibility index (Phi) is 4.65. The van der Waals surface area contributed by atoms with Gasteiger partial charge in [0.15, 0.2) is 0 Å². The first-order valence-corrected chi connectivity index (χ1v) is 12.6. The van der Waals surface area contributed by atoms with Gasteiger partial charge in [-0.1, -0.05) is 35.4 Å².